The minimum atomic E-state index is -2.30. The van der Waals surface area contributed by atoms with Gasteiger partial charge in [-0.1, -0.05) is 25.1 Å². The van der Waals surface area contributed by atoms with Gasteiger partial charge in [0.05, 0.1) is 12.1 Å². The molecule has 0 aliphatic heterocycles. The molecule has 0 N–H and O–H groups in total. The van der Waals surface area contributed by atoms with Crippen LogP contribution in [0.15, 0.2) is 30.5 Å². The monoisotopic (exact) mass is 209 g/mol. The van der Waals surface area contributed by atoms with Crippen molar-refractivity contribution >= 4 is 10.9 Å². The van der Waals surface area contributed by atoms with E-state index >= 15 is 0 Å². The summed E-state index contributed by atoms with van der Waals surface area (Å²) in [6, 6.07) is 7.80. The normalized spacial score (nSPS) is 11.5. The maximum atomic E-state index is 12.3. The topological polar surface area (TPSA) is 4.93 Å². The zero-order valence-corrected chi connectivity index (χ0v) is 8.58. The van der Waals surface area contributed by atoms with Crippen molar-refractivity contribution in [1.82, 2.24) is 4.57 Å². The van der Waals surface area contributed by atoms with E-state index in [1.165, 1.54) is 0 Å². The summed E-state index contributed by atoms with van der Waals surface area (Å²) in [7, 11) is 0. The van der Waals surface area contributed by atoms with Crippen LogP contribution in [0.25, 0.3) is 10.9 Å². The van der Waals surface area contributed by atoms with Crippen LogP contribution in [0, 0.1) is 0 Å². The van der Waals surface area contributed by atoms with Crippen LogP contribution in [0.1, 0.15) is 12.5 Å². The molecule has 80 valence electrons. The maximum absolute atomic E-state index is 12.3. The van der Waals surface area contributed by atoms with E-state index in [1.54, 1.807) is 10.8 Å². The van der Waals surface area contributed by atoms with Crippen LogP contribution >= 0.6 is 0 Å². The minimum absolute atomic E-state index is 0.222. The van der Waals surface area contributed by atoms with Gasteiger partial charge in [-0.25, -0.2) is 8.78 Å². The molecule has 2 rings (SSSR count). The van der Waals surface area contributed by atoms with E-state index < -0.39 is 6.43 Å². The minimum Gasteiger partial charge on any atom is -0.342 e. The molecule has 0 bridgehead atoms. The van der Waals surface area contributed by atoms with Gasteiger partial charge >= 0.3 is 0 Å². The molecular formula is C12H13F2N. The molecule has 0 aliphatic rings. The Kier molecular flexibility index (Phi) is 2.71. The summed E-state index contributed by atoms with van der Waals surface area (Å²) >= 11 is 0. The molecule has 15 heavy (non-hydrogen) atoms. The molecule has 3 heteroatoms. The number of para-hydroxylation sites is 1. The van der Waals surface area contributed by atoms with Crippen molar-refractivity contribution in [3.05, 3.63) is 36.0 Å². The lowest BCUT2D eigenvalue weighted by Gasteiger charge is -2.07. The Morgan fingerprint density at radius 1 is 1.27 bits per heavy atom. The zero-order valence-electron chi connectivity index (χ0n) is 8.58. The molecule has 0 saturated carbocycles. The predicted octanol–water partition coefficient (Wildman–Crippen LogP) is 3.47. The van der Waals surface area contributed by atoms with E-state index in [4.69, 9.17) is 0 Å². The number of aryl methyl sites for hydroxylation is 1. The summed E-state index contributed by atoms with van der Waals surface area (Å²) < 4.78 is 26.3. The molecule has 0 spiro atoms. The van der Waals surface area contributed by atoms with Gasteiger partial charge in [0.25, 0.3) is 6.43 Å². The van der Waals surface area contributed by atoms with E-state index in [-0.39, 0.29) is 6.54 Å². The average molecular weight is 209 g/mol. The fourth-order valence-electron chi connectivity index (χ4n) is 1.93. The molecule has 0 amide bonds. The largest absolute Gasteiger partial charge is 0.342 e. The van der Waals surface area contributed by atoms with Gasteiger partial charge in [0.1, 0.15) is 0 Å². The predicted molar refractivity (Wildman–Crippen MR) is 57.3 cm³/mol. The Bertz CT molecular complexity index is 460. The van der Waals surface area contributed by atoms with Crippen molar-refractivity contribution in [1.29, 1.82) is 0 Å². The smallest absolute Gasteiger partial charge is 0.256 e. The number of hydrogen-bond acceptors (Lipinski definition) is 0. The number of benzene rings is 1. The van der Waals surface area contributed by atoms with Gasteiger partial charge in [0.15, 0.2) is 0 Å². The third-order valence-corrected chi connectivity index (χ3v) is 2.59. The van der Waals surface area contributed by atoms with Crippen LogP contribution in [0.4, 0.5) is 8.78 Å². The third kappa shape index (κ3) is 1.87. The van der Waals surface area contributed by atoms with Crippen molar-refractivity contribution in [3.63, 3.8) is 0 Å². The lowest BCUT2D eigenvalue weighted by molar-refractivity contribution is 0.128. The summed E-state index contributed by atoms with van der Waals surface area (Å²) in [5, 5.41) is 1.04. The lowest BCUT2D eigenvalue weighted by atomic mass is 10.1. The second kappa shape index (κ2) is 4.01. The first-order valence-electron chi connectivity index (χ1n) is 5.07. The zero-order chi connectivity index (χ0) is 10.8. The molecule has 1 aromatic carbocycles. The molecule has 1 aromatic heterocycles. The Morgan fingerprint density at radius 3 is 2.73 bits per heavy atom. The van der Waals surface area contributed by atoms with Crippen molar-refractivity contribution in [2.45, 2.75) is 26.3 Å². The van der Waals surface area contributed by atoms with Crippen LogP contribution in [0.3, 0.4) is 0 Å². The fourth-order valence-corrected chi connectivity index (χ4v) is 1.93. The van der Waals surface area contributed by atoms with E-state index in [0.717, 1.165) is 22.9 Å². The molecular weight excluding hydrogens is 196 g/mol. The van der Waals surface area contributed by atoms with Crippen LogP contribution in [0.2, 0.25) is 0 Å². The van der Waals surface area contributed by atoms with Gasteiger partial charge in [0.2, 0.25) is 0 Å². The van der Waals surface area contributed by atoms with Gasteiger partial charge < -0.3 is 4.57 Å². The summed E-state index contributed by atoms with van der Waals surface area (Å²) in [5.41, 5.74) is 2.07. The first-order valence-corrected chi connectivity index (χ1v) is 5.07. The molecule has 2 aromatic rings. The van der Waals surface area contributed by atoms with Crippen LogP contribution < -0.4 is 0 Å². The van der Waals surface area contributed by atoms with Crippen LogP contribution in [-0.4, -0.2) is 11.0 Å². The van der Waals surface area contributed by atoms with E-state index in [2.05, 4.69) is 0 Å². The quantitative estimate of drug-likeness (QED) is 0.729. The molecule has 0 fully saturated rings. The van der Waals surface area contributed by atoms with Crippen molar-refractivity contribution in [2.24, 2.45) is 0 Å². The lowest BCUT2D eigenvalue weighted by Crippen LogP contribution is -2.05. The molecule has 1 heterocycles. The number of hydrogen-bond donors (Lipinski definition) is 0. The number of rotatable bonds is 3. The second-order valence-corrected chi connectivity index (χ2v) is 3.57. The number of fused-ring (bicyclic) bond motifs is 1. The fraction of sp³-hybridized carbons (Fsp3) is 0.333. The van der Waals surface area contributed by atoms with Gasteiger partial charge in [-0.05, 0) is 23.4 Å². The van der Waals surface area contributed by atoms with Gasteiger partial charge in [-0.2, -0.15) is 0 Å². The number of alkyl halides is 2. The van der Waals surface area contributed by atoms with E-state index in [1.807, 2.05) is 31.2 Å². The first kappa shape index (κ1) is 10.1. The SMILES string of the molecule is CCc1cccc2ccn(CC(F)F)c12. The highest BCUT2D eigenvalue weighted by Gasteiger charge is 2.09. The average Bonchev–Trinajstić information content (AvgIpc) is 2.61. The standard InChI is InChI=1S/C12H13F2N/c1-2-9-4-3-5-10-6-7-15(12(9)10)8-11(13)14/h3-7,11H,2,8H2,1H3. The molecule has 0 saturated heterocycles. The van der Waals surface area contributed by atoms with Crippen LogP contribution in [-0.2, 0) is 13.0 Å². The second-order valence-electron chi connectivity index (χ2n) is 3.57. The van der Waals surface area contributed by atoms with Gasteiger partial charge in [-0.3, -0.25) is 0 Å². The van der Waals surface area contributed by atoms with E-state index in [9.17, 15) is 8.78 Å². The van der Waals surface area contributed by atoms with Crippen molar-refractivity contribution < 1.29 is 8.78 Å². The summed E-state index contributed by atoms with van der Waals surface area (Å²) in [6.45, 7) is 1.81. The summed E-state index contributed by atoms with van der Waals surface area (Å²) in [4.78, 5) is 0. The van der Waals surface area contributed by atoms with Gasteiger partial charge in [0, 0.05) is 6.20 Å². The Hall–Kier alpha value is -1.38. The Labute approximate surface area is 87.3 Å². The summed E-state index contributed by atoms with van der Waals surface area (Å²) in [6.07, 6.45) is 0.297. The molecule has 0 atom stereocenters. The highest BCUT2D eigenvalue weighted by molar-refractivity contribution is 5.83. The molecule has 0 aliphatic carbocycles. The highest BCUT2D eigenvalue weighted by Crippen LogP contribution is 2.21. The Morgan fingerprint density at radius 2 is 2.07 bits per heavy atom. The third-order valence-electron chi connectivity index (χ3n) is 2.59. The Balaban J connectivity index is 2.55. The van der Waals surface area contributed by atoms with Gasteiger partial charge in [-0.15, -0.1) is 0 Å². The highest BCUT2D eigenvalue weighted by atomic mass is 19.3. The number of aromatic nitrogens is 1. The van der Waals surface area contributed by atoms with Crippen molar-refractivity contribution in [3.8, 4) is 0 Å². The van der Waals surface area contributed by atoms with Crippen molar-refractivity contribution in [2.75, 3.05) is 0 Å². The molecule has 0 radical (unpaired) electrons. The van der Waals surface area contributed by atoms with Crippen LogP contribution in [0.5, 0.6) is 0 Å². The number of nitrogens with zero attached hydrogens (tertiary/aromatic N) is 1. The maximum Gasteiger partial charge on any atom is 0.256 e. The van der Waals surface area contributed by atoms with E-state index in [0.29, 0.717) is 0 Å². The first-order chi connectivity index (χ1) is 7.22. The summed E-state index contributed by atoms with van der Waals surface area (Å²) in [5.74, 6) is 0. The molecule has 0 unspecified atom stereocenters. The molecule has 1 nitrogen and oxygen atoms in total. The number of halogens is 2.